The zero-order chi connectivity index (χ0) is 14.7. The number of rotatable bonds is 3. The number of nitrogens with zero attached hydrogens (tertiary/aromatic N) is 3. The Morgan fingerprint density at radius 3 is 2.85 bits per heavy atom. The Morgan fingerprint density at radius 1 is 1.45 bits per heavy atom. The molecule has 1 saturated heterocycles. The summed E-state index contributed by atoms with van der Waals surface area (Å²) in [6, 6.07) is 2.23. The van der Waals surface area contributed by atoms with Gasteiger partial charge in [0.25, 0.3) is 5.91 Å². The summed E-state index contributed by atoms with van der Waals surface area (Å²) in [5, 5.41) is 8.21. The summed E-state index contributed by atoms with van der Waals surface area (Å²) in [4.78, 5) is 14.9. The first-order chi connectivity index (χ1) is 9.58. The van der Waals surface area contributed by atoms with Crippen molar-refractivity contribution < 1.29 is 4.79 Å². The fourth-order valence-corrected chi connectivity index (χ4v) is 2.98. The van der Waals surface area contributed by atoms with Crippen LogP contribution in [0.5, 0.6) is 0 Å². The van der Waals surface area contributed by atoms with Gasteiger partial charge in [-0.1, -0.05) is 6.92 Å². The molecule has 2 rings (SSSR count). The maximum absolute atomic E-state index is 12.9. The van der Waals surface area contributed by atoms with E-state index in [0.717, 1.165) is 30.7 Å². The van der Waals surface area contributed by atoms with Crippen molar-refractivity contribution in [3.05, 3.63) is 23.0 Å². The third kappa shape index (κ3) is 2.82. The Labute approximate surface area is 120 Å². The van der Waals surface area contributed by atoms with Crippen LogP contribution in [0, 0.1) is 6.92 Å². The van der Waals surface area contributed by atoms with E-state index in [-0.39, 0.29) is 18.0 Å². The molecular formula is C15H24N4O. The summed E-state index contributed by atoms with van der Waals surface area (Å²) < 4.78 is 0. The molecule has 2 atom stereocenters. The number of carbonyl (C=O) groups is 1. The zero-order valence-electron chi connectivity index (χ0n) is 12.6. The maximum Gasteiger partial charge on any atom is 0.256 e. The fraction of sp³-hybridized carbons (Fsp3) is 0.667. The average Bonchev–Trinajstić information content (AvgIpc) is 2.46. The molecule has 110 valence electrons. The number of amides is 1. The molecule has 2 unspecified atom stereocenters. The largest absolute Gasteiger partial charge is 0.332 e. The Hall–Kier alpha value is -1.49. The minimum Gasteiger partial charge on any atom is -0.332 e. The predicted molar refractivity (Wildman–Crippen MR) is 78.5 cm³/mol. The molecule has 0 aliphatic carbocycles. The maximum atomic E-state index is 12.9. The Balaban J connectivity index is 2.36. The van der Waals surface area contributed by atoms with Gasteiger partial charge in [0, 0.05) is 18.6 Å². The van der Waals surface area contributed by atoms with Gasteiger partial charge in [-0.15, -0.1) is 0 Å². The number of aromatic nitrogens is 2. The van der Waals surface area contributed by atoms with Crippen LogP contribution >= 0.6 is 0 Å². The van der Waals surface area contributed by atoms with Crippen LogP contribution in [0.25, 0.3) is 0 Å². The first-order valence-corrected chi connectivity index (χ1v) is 7.44. The summed E-state index contributed by atoms with van der Waals surface area (Å²) >= 11 is 0. The highest BCUT2D eigenvalue weighted by Gasteiger charge is 2.32. The van der Waals surface area contributed by atoms with Gasteiger partial charge in [0.05, 0.1) is 17.0 Å². The Kier molecular flexibility index (Phi) is 4.70. The van der Waals surface area contributed by atoms with Crippen molar-refractivity contribution >= 4 is 5.91 Å². The number of carbonyl (C=O) groups excluding carboxylic acids is 1. The normalized spacial score (nSPS) is 22.9. The van der Waals surface area contributed by atoms with Gasteiger partial charge in [-0.25, -0.2) is 0 Å². The van der Waals surface area contributed by atoms with E-state index in [2.05, 4.69) is 17.1 Å². The van der Waals surface area contributed by atoms with Gasteiger partial charge in [0.15, 0.2) is 0 Å². The summed E-state index contributed by atoms with van der Waals surface area (Å²) in [6.07, 6.45) is 3.89. The number of piperidine rings is 1. The van der Waals surface area contributed by atoms with Crippen molar-refractivity contribution in [3.63, 3.8) is 0 Å². The lowest BCUT2D eigenvalue weighted by Crippen LogP contribution is -2.52. The van der Waals surface area contributed by atoms with E-state index < -0.39 is 0 Å². The topological polar surface area (TPSA) is 72.1 Å². The molecule has 5 heteroatoms. The molecule has 5 nitrogen and oxygen atoms in total. The second kappa shape index (κ2) is 6.31. The highest BCUT2D eigenvalue weighted by molar-refractivity contribution is 5.95. The van der Waals surface area contributed by atoms with Gasteiger partial charge in [0.2, 0.25) is 0 Å². The van der Waals surface area contributed by atoms with Crippen LogP contribution in [0.4, 0.5) is 0 Å². The van der Waals surface area contributed by atoms with Crippen molar-refractivity contribution in [2.45, 2.75) is 58.5 Å². The molecule has 1 amide bonds. The molecule has 0 saturated carbocycles. The standard InChI is InChI=1S/C15H24N4O/c1-4-14-13(8-10(2)17-18-14)15(20)19-11(3)6-5-7-12(19)9-16/h8,11-12H,4-7,9,16H2,1-3H3. The van der Waals surface area contributed by atoms with Crippen LogP contribution in [0.1, 0.15) is 54.9 Å². The molecule has 0 bridgehead atoms. The van der Waals surface area contributed by atoms with Crippen molar-refractivity contribution in [2.24, 2.45) is 5.73 Å². The fourth-order valence-electron chi connectivity index (χ4n) is 2.98. The third-order valence-corrected chi connectivity index (χ3v) is 4.09. The number of nitrogens with two attached hydrogens (primary N) is 1. The number of likely N-dealkylation sites (tertiary alicyclic amines) is 1. The molecule has 20 heavy (non-hydrogen) atoms. The summed E-state index contributed by atoms with van der Waals surface area (Å²) in [7, 11) is 0. The molecule has 0 radical (unpaired) electrons. The van der Waals surface area contributed by atoms with E-state index in [4.69, 9.17) is 5.73 Å². The van der Waals surface area contributed by atoms with Crippen LogP contribution in [-0.2, 0) is 6.42 Å². The van der Waals surface area contributed by atoms with Gasteiger partial charge in [-0.2, -0.15) is 10.2 Å². The molecule has 1 aliphatic rings. The van der Waals surface area contributed by atoms with E-state index >= 15 is 0 Å². The molecule has 0 spiro atoms. The second-order valence-corrected chi connectivity index (χ2v) is 5.58. The number of hydrogen-bond acceptors (Lipinski definition) is 4. The molecule has 2 heterocycles. The van der Waals surface area contributed by atoms with Crippen molar-refractivity contribution in [1.29, 1.82) is 0 Å². The third-order valence-electron chi connectivity index (χ3n) is 4.09. The quantitative estimate of drug-likeness (QED) is 0.912. The minimum absolute atomic E-state index is 0.0579. The second-order valence-electron chi connectivity index (χ2n) is 5.58. The lowest BCUT2D eigenvalue weighted by Gasteiger charge is -2.40. The van der Waals surface area contributed by atoms with E-state index in [1.165, 1.54) is 0 Å². The molecular weight excluding hydrogens is 252 g/mol. The summed E-state index contributed by atoms with van der Waals surface area (Å²) in [5.74, 6) is 0.0579. The monoisotopic (exact) mass is 276 g/mol. The molecule has 1 fully saturated rings. The van der Waals surface area contributed by atoms with Gasteiger partial charge < -0.3 is 10.6 Å². The van der Waals surface area contributed by atoms with Gasteiger partial charge in [-0.05, 0) is 45.6 Å². The van der Waals surface area contributed by atoms with Crippen LogP contribution in [-0.4, -0.2) is 39.6 Å². The van der Waals surface area contributed by atoms with Gasteiger partial charge >= 0.3 is 0 Å². The number of aryl methyl sites for hydroxylation is 2. The first-order valence-electron chi connectivity index (χ1n) is 7.44. The highest BCUT2D eigenvalue weighted by atomic mass is 16.2. The first kappa shape index (κ1) is 14.9. The molecule has 0 aromatic carbocycles. The van der Waals surface area contributed by atoms with Crippen molar-refractivity contribution in [1.82, 2.24) is 15.1 Å². The molecule has 1 aromatic rings. The number of hydrogen-bond donors (Lipinski definition) is 1. The summed E-state index contributed by atoms with van der Waals surface area (Å²) in [5.41, 5.74) is 8.09. The Bertz CT molecular complexity index is 489. The average molecular weight is 276 g/mol. The van der Waals surface area contributed by atoms with Gasteiger partial charge in [0.1, 0.15) is 0 Å². The minimum atomic E-state index is 0.0579. The molecule has 1 aliphatic heterocycles. The smallest absolute Gasteiger partial charge is 0.256 e. The molecule has 2 N–H and O–H groups in total. The van der Waals surface area contributed by atoms with Crippen molar-refractivity contribution in [2.75, 3.05) is 6.54 Å². The highest BCUT2D eigenvalue weighted by Crippen LogP contribution is 2.25. The zero-order valence-corrected chi connectivity index (χ0v) is 12.6. The van der Waals surface area contributed by atoms with E-state index in [1.54, 1.807) is 0 Å². The van der Waals surface area contributed by atoms with Crippen LogP contribution < -0.4 is 5.73 Å². The van der Waals surface area contributed by atoms with E-state index in [9.17, 15) is 4.79 Å². The van der Waals surface area contributed by atoms with Crippen LogP contribution in [0.3, 0.4) is 0 Å². The SMILES string of the molecule is CCc1nnc(C)cc1C(=O)N1C(C)CCCC1CN. The molecule has 1 aromatic heterocycles. The van der Waals surface area contributed by atoms with Crippen LogP contribution in [0.15, 0.2) is 6.07 Å². The predicted octanol–water partition coefficient (Wildman–Crippen LogP) is 1.69. The van der Waals surface area contributed by atoms with Crippen molar-refractivity contribution in [3.8, 4) is 0 Å². The lowest BCUT2D eigenvalue weighted by atomic mass is 9.95. The Morgan fingerprint density at radius 2 is 2.20 bits per heavy atom. The lowest BCUT2D eigenvalue weighted by molar-refractivity contribution is 0.0492. The van der Waals surface area contributed by atoms with E-state index in [0.29, 0.717) is 18.5 Å². The summed E-state index contributed by atoms with van der Waals surface area (Å²) in [6.45, 7) is 6.49. The van der Waals surface area contributed by atoms with E-state index in [1.807, 2.05) is 24.8 Å². The van der Waals surface area contributed by atoms with Gasteiger partial charge in [-0.3, -0.25) is 4.79 Å². The van der Waals surface area contributed by atoms with Crippen LogP contribution in [0.2, 0.25) is 0 Å².